The Morgan fingerprint density at radius 3 is 2.27 bits per heavy atom. The number of fused-ring (bicyclic) bond motifs is 1. The molecular weight excluding hydrogens is 300 g/mol. The summed E-state index contributed by atoms with van der Waals surface area (Å²) in [7, 11) is -0.399. The number of ether oxygens (including phenoxy) is 3. The largest absolute Gasteiger partial charge is 0.469 e. The number of esters is 1. The van der Waals surface area contributed by atoms with Crippen LogP contribution in [0, 0.1) is 5.92 Å². The van der Waals surface area contributed by atoms with E-state index >= 15 is 0 Å². The standard InChI is InChI=1S/C16H30O5Si/c1-7-22(8-2,9-3)21-13-11(15(17)18-6)10-12-14(13)20-16(4,5)19-12/h11-14H,7-10H2,1-6H3/t11-,12+,13+,14+/m1/s1. The molecule has 1 aliphatic carbocycles. The lowest BCUT2D eigenvalue weighted by Gasteiger charge is -2.35. The van der Waals surface area contributed by atoms with Crippen LogP contribution in [0.3, 0.4) is 0 Å². The Hall–Kier alpha value is -0.433. The van der Waals surface area contributed by atoms with Crippen LogP contribution in [0.15, 0.2) is 0 Å². The van der Waals surface area contributed by atoms with Gasteiger partial charge >= 0.3 is 5.97 Å². The first-order chi connectivity index (χ1) is 10.3. The molecule has 1 saturated carbocycles. The van der Waals surface area contributed by atoms with E-state index in [1.54, 1.807) is 0 Å². The van der Waals surface area contributed by atoms with Gasteiger partial charge in [-0.1, -0.05) is 20.8 Å². The normalized spacial score (nSPS) is 33.7. The molecule has 0 radical (unpaired) electrons. The highest BCUT2D eigenvalue weighted by atomic mass is 28.4. The van der Waals surface area contributed by atoms with E-state index in [9.17, 15) is 4.79 Å². The number of carbonyl (C=O) groups excluding carboxylic acids is 1. The minimum atomic E-state index is -1.83. The van der Waals surface area contributed by atoms with Crippen molar-refractivity contribution in [2.75, 3.05) is 7.11 Å². The van der Waals surface area contributed by atoms with Crippen LogP contribution in [0.25, 0.3) is 0 Å². The lowest BCUT2D eigenvalue weighted by atomic mass is 10.1. The van der Waals surface area contributed by atoms with Crippen molar-refractivity contribution in [3.8, 4) is 0 Å². The fourth-order valence-corrected chi connectivity index (χ4v) is 6.63. The molecule has 0 bridgehead atoms. The zero-order chi connectivity index (χ0) is 16.5. The van der Waals surface area contributed by atoms with E-state index in [0.29, 0.717) is 6.42 Å². The van der Waals surface area contributed by atoms with Crippen LogP contribution in [0.1, 0.15) is 41.0 Å². The van der Waals surface area contributed by atoms with Crippen LogP contribution in [-0.4, -0.2) is 45.5 Å². The number of methoxy groups -OCH3 is 1. The van der Waals surface area contributed by atoms with Crippen LogP contribution in [-0.2, 0) is 23.4 Å². The Morgan fingerprint density at radius 1 is 1.18 bits per heavy atom. The number of carbonyl (C=O) groups is 1. The Morgan fingerprint density at radius 2 is 1.77 bits per heavy atom. The van der Waals surface area contributed by atoms with Gasteiger partial charge in [0, 0.05) is 0 Å². The Labute approximate surface area is 134 Å². The number of hydrogen-bond donors (Lipinski definition) is 0. The van der Waals surface area contributed by atoms with Crippen molar-refractivity contribution in [1.82, 2.24) is 0 Å². The van der Waals surface area contributed by atoms with Crippen molar-refractivity contribution in [3.05, 3.63) is 0 Å². The molecule has 0 spiro atoms. The van der Waals surface area contributed by atoms with Gasteiger partial charge in [-0.3, -0.25) is 4.79 Å². The summed E-state index contributed by atoms with van der Waals surface area (Å²) in [5, 5.41) is 0. The molecule has 0 amide bonds. The fourth-order valence-electron chi connectivity index (χ4n) is 3.76. The molecular formula is C16H30O5Si. The van der Waals surface area contributed by atoms with Crippen molar-refractivity contribution in [2.45, 2.75) is 83.3 Å². The lowest BCUT2D eigenvalue weighted by Crippen LogP contribution is -2.47. The molecule has 1 aliphatic heterocycles. The van der Waals surface area contributed by atoms with E-state index in [1.807, 2.05) is 13.8 Å². The SMILES string of the molecule is CC[Si](CC)(CC)O[C@@H]1[C@H]2OC(C)(C)O[C@H]2C[C@H]1C(=O)OC. The van der Waals surface area contributed by atoms with Gasteiger partial charge in [0.25, 0.3) is 0 Å². The van der Waals surface area contributed by atoms with E-state index in [2.05, 4.69) is 20.8 Å². The average molecular weight is 330 g/mol. The van der Waals surface area contributed by atoms with Crippen molar-refractivity contribution in [3.63, 3.8) is 0 Å². The second kappa shape index (κ2) is 6.59. The highest BCUT2D eigenvalue weighted by Crippen LogP contribution is 2.44. The molecule has 2 aliphatic rings. The van der Waals surface area contributed by atoms with Gasteiger partial charge in [0.05, 0.1) is 25.2 Å². The molecule has 0 aromatic carbocycles. The molecule has 4 atom stereocenters. The highest BCUT2D eigenvalue weighted by molar-refractivity contribution is 6.73. The van der Waals surface area contributed by atoms with Crippen LogP contribution in [0.4, 0.5) is 0 Å². The number of rotatable bonds is 6. The molecule has 6 heteroatoms. The summed E-state index contributed by atoms with van der Waals surface area (Å²) in [6.07, 6.45) is 0.121. The summed E-state index contributed by atoms with van der Waals surface area (Å²) in [5.41, 5.74) is 0. The van der Waals surface area contributed by atoms with E-state index in [4.69, 9.17) is 18.6 Å². The van der Waals surface area contributed by atoms with E-state index in [1.165, 1.54) is 7.11 Å². The maximum Gasteiger partial charge on any atom is 0.311 e. The summed E-state index contributed by atoms with van der Waals surface area (Å²) in [6.45, 7) is 10.4. The summed E-state index contributed by atoms with van der Waals surface area (Å²) in [4.78, 5) is 12.2. The maximum absolute atomic E-state index is 12.2. The number of hydrogen-bond acceptors (Lipinski definition) is 5. The zero-order valence-corrected chi connectivity index (χ0v) is 15.7. The molecule has 5 nitrogen and oxygen atoms in total. The summed E-state index contributed by atoms with van der Waals surface area (Å²) < 4.78 is 23.6. The second-order valence-corrected chi connectivity index (χ2v) is 11.6. The van der Waals surface area contributed by atoms with Gasteiger partial charge in [0.15, 0.2) is 14.1 Å². The third-order valence-electron chi connectivity index (χ3n) is 5.25. The van der Waals surface area contributed by atoms with Gasteiger partial charge in [-0.2, -0.15) is 0 Å². The molecule has 1 heterocycles. The summed E-state index contributed by atoms with van der Waals surface area (Å²) in [6, 6.07) is 3.14. The van der Waals surface area contributed by atoms with Gasteiger partial charge < -0.3 is 18.6 Å². The van der Waals surface area contributed by atoms with Crippen molar-refractivity contribution >= 4 is 14.3 Å². The van der Waals surface area contributed by atoms with Gasteiger partial charge in [-0.15, -0.1) is 0 Å². The smallest absolute Gasteiger partial charge is 0.311 e. The van der Waals surface area contributed by atoms with Crippen LogP contribution in [0.2, 0.25) is 18.1 Å². The Balaban J connectivity index is 2.24. The van der Waals surface area contributed by atoms with Crippen molar-refractivity contribution < 1.29 is 23.4 Å². The second-order valence-electron chi connectivity index (χ2n) is 6.83. The molecule has 2 rings (SSSR count). The first-order valence-corrected chi connectivity index (χ1v) is 11.0. The van der Waals surface area contributed by atoms with E-state index < -0.39 is 14.1 Å². The first-order valence-electron chi connectivity index (χ1n) is 8.42. The van der Waals surface area contributed by atoms with Gasteiger partial charge in [0.1, 0.15) is 6.10 Å². The minimum Gasteiger partial charge on any atom is -0.469 e. The van der Waals surface area contributed by atoms with Gasteiger partial charge in [0.2, 0.25) is 0 Å². The van der Waals surface area contributed by atoms with Gasteiger partial charge in [-0.25, -0.2) is 0 Å². The summed E-state index contributed by atoms with van der Waals surface area (Å²) >= 11 is 0. The Kier molecular flexibility index (Phi) is 5.37. The zero-order valence-electron chi connectivity index (χ0n) is 14.7. The van der Waals surface area contributed by atoms with Crippen molar-refractivity contribution in [1.29, 1.82) is 0 Å². The highest BCUT2D eigenvalue weighted by Gasteiger charge is 2.57. The maximum atomic E-state index is 12.2. The predicted molar refractivity (Wildman–Crippen MR) is 86.0 cm³/mol. The summed E-state index contributed by atoms with van der Waals surface area (Å²) in [5.74, 6) is -1.10. The predicted octanol–water partition coefficient (Wildman–Crippen LogP) is 3.09. The van der Waals surface area contributed by atoms with E-state index in [-0.39, 0.29) is 30.2 Å². The van der Waals surface area contributed by atoms with Crippen molar-refractivity contribution in [2.24, 2.45) is 5.92 Å². The van der Waals surface area contributed by atoms with Gasteiger partial charge in [-0.05, 0) is 38.4 Å². The molecule has 1 saturated heterocycles. The molecule has 2 fully saturated rings. The third-order valence-corrected chi connectivity index (χ3v) is 9.89. The van der Waals surface area contributed by atoms with Crippen LogP contribution < -0.4 is 0 Å². The first kappa shape index (κ1) is 17.9. The molecule has 0 aromatic rings. The minimum absolute atomic E-state index is 0.0821. The average Bonchev–Trinajstić information content (AvgIpc) is 2.96. The van der Waals surface area contributed by atoms with Crippen LogP contribution in [0.5, 0.6) is 0 Å². The third kappa shape index (κ3) is 3.25. The van der Waals surface area contributed by atoms with Crippen LogP contribution >= 0.6 is 0 Å². The topological polar surface area (TPSA) is 54.0 Å². The molecule has 22 heavy (non-hydrogen) atoms. The monoisotopic (exact) mass is 330 g/mol. The van der Waals surface area contributed by atoms with E-state index in [0.717, 1.165) is 18.1 Å². The molecule has 128 valence electrons. The Bertz CT molecular complexity index is 399. The lowest BCUT2D eigenvalue weighted by molar-refractivity contribution is -0.174. The molecule has 0 N–H and O–H groups in total. The molecule has 0 aromatic heterocycles. The molecule has 0 unspecified atom stereocenters. The quantitative estimate of drug-likeness (QED) is 0.553. The fraction of sp³-hybridized carbons (Fsp3) is 0.938.